The van der Waals surface area contributed by atoms with Crippen LogP contribution >= 0.6 is 0 Å². The SMILES string of the molecule is CC(C)(C)c1ccc2c(c1)c1cc(-c3ccccc3)ccc1n2-c1c(C#N)cc(-c2ccc3c(c2)C(C)(C)c2ccccc2-3)cc1C#N. The standard InChI is InChI=1S/C45H35N3/c1-44(2,3)34-17-20-42-38(25-34)37-23-29(28-11-7-6-8-12-28)16-19-41(37)48(42)43-32(26-46)21-31(22-33(43)27-47)30-15-18-36-35-13-9-10-14-39(35)45(4,5)40(36)24-30/h6-25H,1-5H3. The number of nitriles is 2. The lowest BCUT2D eigenvalue weighted by molar-refractivity contribution is 0.591. The smallest absolute Gasteiger partial charge is 0.101 e. The van der Waals surface area contributed by atoms with E-state index >= 15 is 0 Å². The lowest BCUT2D eigenvalue weighted by atomic mass is 9.81. The topological polar surface area (TPSA) is 52.5 Å². The summed E-state index contributed by atoms with van der Waals surface area (Å²) in [4.78, 5) is 0. The zero-order valence-electron chi connectivity index (χ0n) is 27.9. The van der Waals surface area contributed by atoms with Gasteiger partial charge in [0.15, 0.2) is 0 Å². The summed E-state index contributed by atoms with van der Waals surface area (Å²) in [6, 6.07) is 47.5. The maximum atomic E-state index is 10.7. The highest BCUT2D eigenvalue weighted by Gasteiger charge is 2.35. The van der Waals surface area contributed by atoms with Crippen LogP contribution in [0.2, 0.25) is 0 Å². The van der Waals surface area contributed by atoms with E-state index < -0.39 is 0 Å². The van der Waals surface area contributed by atoms with Gasteiger partial charge in [-0.1, -0.05) is 113 Å². The Labute approximate surface area is 282 Å². The summed E-state index contributed by atoms with van der Waals surface area (Å²) in [5, 5.41) is 23.6. The van der Waals surface area contributed by atoms with Crippen molar-refractivity contribution in [3.05, 3.63) is 149 Å². The summed E-state index contributed by atoms with van der Waals surface area (Å²) < 4.78 is 2.12. The van der Waals surface area contributed by atoms with E-state index in [1.807, 2.05) is 18.2 Å². The Hall–Kier alpha value is -5.90. The van der Waals surface area contributed by atoms with Crippen molar-refractivity contribution < 1.29 is 0 Å². The quantitative estimate of drug-likeness (QED) is 0.198. The van der Waals surface area contributed by atoms with Crippen LogP contribution < -0.4 is 0 Å². The molecule has 0 atom stereocenters. The fourth-order valence-corrected chi connectivity index (χ4v) is 7.64. The van der Waals surface area contributed by atoms with Gasteiger partial charge in [0, 0.05) is 16.2 Å². The molecule has 1 heterocycles. The molecule has 48 heavy (non-hydrogen) atoms. The van der Waals surface area contributed by atoms with Crippen molar-refractivity contribution in [1.29, 1.82) is 10.5 Å². The second-order valence-corrected chi connectivity index (χ2v) is 14.5. The summed E-state index contributed by atoms with van der Waals surface area (Å²) in [7, 11) is 0. The van der Waals surface area contributed by atoms with Crippen molar-refractivity contribution >= 4 is 21.8 Å². The van der Waals surface area contributed by atoms with E-state index in [1.54, 1.807) is 0 Å². The minimum Gasteiger partial charge on any atom is -0.307 e. The molecule has 6 aromatic carbocycles. The molecule has 0 aliphatic heterocycles. The summed E-state index contributed by atoms with van der Waals surface area (Å²) in [6.45, 7) is 11.2. The Bertz CT molecular complexity index is 2490. The molecule has 3 heteroatoms. The molecule has 1 aliphatic rings. The largest absolute Gasteiger partial charge is 0.307 e. The van der Waals surface area contributed by atoms with E-state index in [2.05, 4.69) is 154 Å². The number of hydrogen-bond acceptors (Lipinski definition) is 2. The van der Waals surface area contributed by atoms with Gasteiger partial charge in [-0.15, -0.1) is 0 Å². The number of fused-ring (bicyclic) bond motifs is 6. The number of benzene rings is 6. The first-order chi connectivity index (χ1) is 23.1. The summed E-state index contributed by atoms with van der Waals surface area (Å²) >= 11 is 0. The number of rotatable bonds is 3. The van der Waals surface area contributed by atoms with E-state index in [-0.39, 0.29) is 10.8 Å². The lowest BCUT2D eigenvalue weighted by Gasteiger charge is -2.22. The van der Waals surface area contributed by atoms with Crippen molar-refractivity contribution in [2.24, 2.45) is 0 Å². The Morgan fingerprint density at radius 2 is 1.12 bits per heavy atom. The maximum absolute atomic E-state index is 10.7. The Balaban J connectivity index is 1.36. The van der Waals surface area contributed by atoms with Gasteiger partial charge >= 0.3 is 0 Å². The fourth-order valence-electron chi connectivity index (χ4n) is 7.64. The molecule has 0 saturated carbocycles. The molecule has 0 amide bonds. The van der Waals surface area contributed by atoms with Crippen molar-refractivity contribution in [3.8, 4) is 51.2 Å². The van der Waals surface area contributed by atoms with Gasteiger partial charge in [0.05, 0.1) is 27.8 Å². The van der Waals surface area contributed by atoms with Gasteiger partial charge in [-0.2, -0.15) is 10.5 Å². The van der Waals surface area contributed by atoms with Crippen molar-refractivity contribution in [3.63, 3.8) is 0 Å². The van der Waals surface area contributed by atoms with E-state index in [0.29, 0.717) is 16.8 Å². The molecule has 0 saturated heterocycles. The third kappa shape index (κ3) is 4.40. The second-order valence-electron chi connectivity index (χ2n) is 14.5. The molecule has 0 radical (unpaired) electrons. The summed E-state index contributed by atoms with van der Waals surface area (Å²) in [5.41, 5.74) is 13.8. The Morgan fingerprint density at radius 1 is 0.542 bits per heavy atom. The summed E-state index contributed by atoms with van der Waals surface area (Å²) in [6.07, 6.45) is 0. The zero-order chi connectivity index (χ0) is 33.4. The van der Waals surface area contributed by atoms with Crippen LogP contribution in [0.5, 0.6) is 0 Å². The zero-order valence-corrected chi connectivity index (χ0v) is 27.9. The molecule has 8 rings (SSSR count). The van der Waals surface area contributed by atoms with Crippen molar-refractivity contribution in [1.82, 2.24) is 4.57 Å². The van der Waals surface area contributed by atoms with Crippen molar-refractivity contribution in [2.75, 3.05) is 0 Å². The highest BCUT2D eigenvalue weighted by atomic mass is 15.0. The second kappa shape index (κ2) is 10.6. The molecule has 0 N–H and O–H groups in total. The molecule has 0 unspecified atom stereocenters. The average Bonchev–Trinajstić information content (AvgIpc) is 3.55. The van der Waals surface area contributed by atoms with Crippen LogP contribution in [0.15, 0.2) is 121 Å². The number of hydrogen-bond donors (Lipinski definition) is 0. The van der Waals surface area contributed by atoms with E-state index in [9.17, 15) is 10.5 Å². The highest BCUT2D eigenvalue weighted by Crippen LogP contribution is 2.50. The first kappa shape index (κ1) is 29.5. The minimum absolute atomic E-state index is 0.0390. The molecule has 0 spiro atoms. The first-order valence-electron chi connectivity index (χ1n) is 16.5. The molecule has 7 aromatic rings. The van der Waals surface area contributed by atoms with Gasteiger partial charge in [-0.25, -0.2) is 0 Å². The predicted octanol–water partition coefficient (Wildman–Crippen LogP) is 11.5. The van der Waals surface area contributed by atoms with Crippen LogP contribution in [-0.4, -0.2) is 4.57 Å². The molecular weight excluding hydrogens is 583 g/mol. The molecular formula is C45H35N3. The lowest BCUT2D eigenvalue weighted by Crippen LogP contribution is -2.14. The monoisotopic (exact) mass is 617 g/mol. The molecule has 230 valence electrons. The third-order valence-electron chi connectivity index (χ3n) is 10.2. The number of nitrogens with zero attached hydrogens (tertiary/aromatic N) is 3. The number of aromatic nitrogens is 1. The Morgan fingerprint density at radius 3 is 1.81 bits per heavy atom. The Kier molecular flexibility index (Phi) is 6.49. The van der Waals surface area contributed by atoms with Gasteiger partial charge in [-0.05, 0) is 98.0 Å². The maximum Gasteiger partial charge on any atom is 0.101 e. The van der Waals surface area contributed by atoms with Crippen LogP contribution in [-0.2, 0) is 10.8 Å². The van der Waals surface area contributed by atoms with E-state index in [0.717, 1.165) is 44.1 Å². The van der Waals surface area contributed by atoms with Gasteiger partial charge in [0.1, 0.15) is 12.1 Å². The van der Waals surface area contributed by atoms with Crippen LogP contribution in [0.1, 0.15) is 62.4 Å². The van der Waals surface area contributed by atoms with Crippen LogP contribution in [0.3, 0.4) is 0 Å². The highest BCUT2D eigenvalue weighted by molar-refractivity contribution is 6.11. The third-order valence-corrected chi connectivity index (χ3v) is 10.2. The van der Waals surface area contributed by atoms with Crippen LogP contribution in [0.4, 0.5) is 0 Å². The van der Waals surface area contributed by atoms with Gasteiger partial charge in [0.25, 0.3) is 0 Å². The van der Waals surface area contributed by atoms with Gasteiger partial charge in [0.2, 0.25) is 0 Å². The molecule has 1 aromatic heterocycles. The van der Waals surface area contributed by atoms with Gasteiger partial charge < -0.3 is 4.57 Å². The van der Waals surface area contributed by atoms with E-state index in [1.165, 1.54) is 27.8 Å². The van der Waals surface area contributed by atoms with Crippen molar-refractivity contribution in [2.45, 2.75) is 45.4 Å². The minimum atomic E-state index is -0.147. The van der Waals surface area contributed by atoms with E-state index in [4.69, 9.17) is 0 Å². The average molecular weight is 618 g/mol. The first-order valence-corrected chi connectivity index (χ1v) is 16.5. The molecule has 3 nitrogen and oxygen atoms in total. The normalized spacial score (nSPS) is 13.2. The summed E-state index contributed by atoms with van der Waals surface area (Å²) in [5.74, 6) is 0. The fraction of sp³-hybridized carbons (Fsp3) is 0.156. The molecule has 0 bridgehead atoms. The van der Waals surface area contributed by atoms with Crippen LogP contribution in [0, 0.1) is 22.7 Å². The molecule has 0 fully saturated rings. The molecule has 1 aliphatic carbocycles. The van der Waals surface area contributed by atoms with Gasteiger partial charge in [-0.3, -0.25) is 0 Å². The van der Waals surface area contributed by atoms with Crippen LogP contribution in [0.25, 0.3) is 60.9 Å². The predicted molar refractivity (Wildman–Crippen MR) is 197 cm³/mol.